The van der Waals surface area contributed by atoms with Crippen molar-refractivity contribution < 1.29 is 13.2 Å². The molecule has 0 bridgehead atoms. The second-order valence-corrected chi connectivity index (χ2v) is 7.16. The molecule has 0 saturated heterocycles. The summed E-state index contributed by atoms with van der Waals surface area (Å²) in [5.41, 5.74) is -0.212. The Balaban J connectivity index is 2.63. The molecule has 88 valence electrons. The summed E-state index contributed by atoms with van der Waals surface area (Å²) < 4.78 is 22.4. The second kappa shape index (κ2) is 4.41. The molecule has 0 radical (unpaired) electrons. The first-order valence-corrected chi connectivity index (χ1v) is 7.95. The zero-order chi connectivity index (χ0) is 11.7. The molecule has 0 heterocycles. The van der Waals surface area contributed by atoms with Gasteiger partial charge in [-0.05, 0) is 26.2 Å². The lowest BCUT2D eigenvalue weighted by Gasteiger charge is -2.41. The van der Waals surface area contributed by atoms with Crippen molar-refractivity contribution in [3.63, 3.8) is 0 Å². The Morgan fingerprint density at radius 1 is 1.53 bits per heavy atom. The van der Waals surface area contributed by atoms with E-state index in [1.807, 2.05) is 0 Å². The number of hydrogen-bond donors (Lipinski definition) is 1. The fourth-order valence-electron chi connectivity index (χ4n) is 1.45. The maximum Gasteiger partial charge on any atom is 0.238 e. The molecule has 1 amide bonds. The lowest BCUT2D eigenvalue weighted by Crippen LogP contribution is -2.57. The fraction of sp³-hybridized carbons (Fsp3) is 0.889. The van der Waals surface area contributed by atoms with E-state index in [2.05, 4.69) is 21.2 Å². The number of halogens is 1. The van der Waals surface area contributed by atoms with Crippen molar-refractivity contribution in [2.75, 3.05) is 11.6 Å². The van der Waals surface area contributed by atoms with Gasteiger partial charge in [0.1, 0.15) is 5.25 Å². The first-order chi connectivity index (χ1) is 6.81. The molecule has 1 aliphatic rings. The molecule has 1 fully saturated rings. The molecule has 0 spiro atoms. The van der Waals surface area contributed by atoms with E-state index in [9.17, 15) is 13.2 Å². The van der Waals surface area contributed by atoms with Crippen LogP contribution in [0.15, 0.2) is 0 Å². The minimum Gasteiger partial charge on any atom is -0.349 e. The zero-order valence-corrected chi connectivity index (χ0v) is 11.3. The lowest BCUT2D eigenvalue weighted by atomic mass is 9.78. The average molecular weight is 298 g/mol. The monoisotopic (exact) mass is 297 g/mol. The van der Waals surface area contributed by atoms with Crippen molar-refractivity contribution in [2.24, 2.45) is 0 Å². The van der Waals surface area contributed by atoms with E-state index in [4.69, 9.17) is 0 Å². The van der Waals surface area contributed by atoms with E-state index >= 15 is 0 Å². The summed E-state index contributed by atoms with van der Waals surface area (Å²) in [5, 5.41) is 2.54. The minimum atomic E-state index is -3.29. The Labute approximate surface area is 98.9 Å². The van der Waals surface area contributed by atoms with Crippen molar-refractivity contribution in [1.82, 2.24) is 5.32 Å². The van der Waals surface area contributed by atoms with E-state index < -0.39 is 21.0 Å². The van der Waals surface area contributed by atoms with Gasteiger partial charge < -0.3 is 5.32 Å². The molecular weight excluding hydrogens is 282 g/mol. The Kier molecular flexibility index (Phi) is 3.81. The van der Waals surface area contributed by atoms with Gasteiger partial charge in [0.25, 0.3) is 0 Å². The predicted octanol–water partition coefficient (Wildman–Crippen LogP) is 0.853. The van der Waals surface area contributed by atoms with E-state index in [-0.39, 0.29) is 5.54 Å². The van der Waals surface area contributed by atoms with Gasteiger partial charge in [-0.2, -0.15) is 0 Å². The van der Waals surface area contributed by atoms with Crippen LogP contribution in [0, 0.1) is 0 Å². The summed E-state index contributed by atoms with van der Waals surface area (Å²) >= 11 is 3.35. The van der Waals surface area contributed by atoms with Crippen molar-refractivity contribution in [2.45, 2.75) is 37.0 Å². The highest BCUT2D eigenvalue weighted by atomic mass is 79.9. The molecule has 0 aromatic carbocycles. The van der Waals surface area contributed by atoms with Crippen molar-refractivity contribution in [3.05, 3.63) is 0 Å². The highest BCUT2D eigenvalue weighted by Crippen LogP contribution is 2.33. The van der Waals surface area contributed by atoms with Crippen LogP contribution in [0.4, 0.5) is 0 Å². The lowest BCUT2D eigenvalue weighted by molar-refractivity contribution is -0.123. The van der Waals surface area contributed by atoms with E-state index in [1.165, 1.54) is 6.92 Å². The molecule has 1 aliphatic carbocycles. The number of carbonyl (C=O) groups is 1. The zero-order valence-electron chi connectivity index (χ0n) is 8.92. The summed E-state index contributed by atoms with van der Waals surface area (Å²) in [6.45, 7) is 1.42. The number of carbonyl (C=O) groups excluding carboxylic acids is 1. The summed E-state index contributed by atoms with van der Waals surface area (Å²) in [5.74, 6) is -0.392. The molecule has 1 rings (SSSR count). The molecular formula is C9H16BrNO3S. The Morgan fingerprint density at radius 3 is 2.33 bits per heavy atom. The Hall–Kier alpha value is -0.100. The van der Waals surface area contributed by atoms with Crippen LogP contribution < -0.4 is 5.32 Å². The molecule has 1 saturated carbocycles. The molecule has 1 N–H and O–H groups in total. The van der Waals surface area contributed by atoms with Crippen molar-refractivity contribution >= 4 is 31.7 Å². The number of sulfone groups is 1. The molecule has 1 unspecified atom stereocenters. The second-order valence-electron chi connectivity index (χ2n) is 4.23. The van der Waals surface area contributed by atoms with Crippen LogP contribution in [0.5, 0.6) is 0 Å². The summed E-state index contributed by atoms with van der Waals surface area (Å²) in [6.07, 6.45) is 4.00. The maximum atomic E-state index is 11.6. The highest BCUT2D eigenvalue weighted by molar-refractivity contribution is 9.09. The first-order valence-electron chi connectivity index (χ1n) is 4.88. The minimum absolute atomic E-state index is 0.212. The molecule has 1 atom stereocenters. The topological polar surface area (TPSA) is 63.2 Å². The largest absolute Gasteiger partial charge is 0.349 e. The standard InChI is InChI=1S/C9H16BrNO3S/c1-7(15(2,13)14)8(12)11-9(6-10)4-3-5-9/h7H,3-6H2,1-2H3,(H,11,12). The molecule has 0 aliphatic heterocycles. The van der Waals surface area contributed by atoms with Gasteiger partial charge in [0.2, 0.25) is 5.91 Å². The van der Waals surface area contributed by atoms with Crippen LogP contribution in [-0.2, 0) is 14.6 Å². The van der Waals surface area contributed by atoms with Gasteiger partial charge in [0.15, 0.2) is 9.84 Å². The van der Waals surface area contributed by atoms with E-state index in [0.717, 1.165) is 25.5 Å². The third-order valence-corrected chi connectivity index (χ3v) is 5.54. The van der Waals surface area contributed by atoms with E-state index in [0.29, 0.717) is 5.33 Å². The van der Waals surface area contributed by atoms with Crippen LogP contribution in [-0.4, -0.2) is 36.7 Å². The van der Waals surface area contributed by atoms with Crippen molar-refractivity contribution in [1.29, 1.82) is 0 Å². The van der Waals surface area contributed by atoms with Crippen molar-refractivity contribution in [3.8, 4) is 0 Å². The van der Waals surface area contributed by atoms with Crippen LogP contribution in [0.25, 0.3) is 0 Å². The highest BCUT2D eigenvalue weighted by Gasteiger charge is 2.39. The van der Waals surface area contributed by atoms with Gasteiger partial charge in [-0.15, -0.1) is 0 Å². The summed E-state index contributed by atoms with van der Waals surface area (Å²) in [4.78, 5) is 11.6. The first kappa shape index (κ1) is 13.0. The molecule has 0 aromatic rings. The van der Waals surface area contributed by atoms with Gasteiger partial charge in [0.05, 0.1) is 0 Å². The molecule has 4 nitrogen and oxygen atoms in total. The third-order valence-electron chi connectivity index (χ3n) is 2.97. The van der Waals surface area contributed by atoms with Gasteiger partial charge in [0, 0.05) is 17.1 Å². The number of amides is 1. The number of nitrogens with one attached hydrogen (secondary N) is 1. The quantitative estimate of drug-likeness (QED) is 0.783. The van der Waals surface area contributed by atoms with Gasteiger partial charge in [-0.1, -0.05) is 15.9 Å². The third kappa shape index (κ3) is 2.93. The normalized spacial score (nSPS) is 21.5. The van der Waals surface area contributed by atoms with Crippen LogP contribution in [0.2, 0.25) is 0 Å². The summed E-state index contributed by atoms with van der Waals surface area (Å²) in [7, 11) is -3.29. The van der Waals surface area contributed by atoms with Crippen LogP contribution in [0.3, 0.4) is 0 Å². The van der Waals surface area contributed by atoms with E-state index in [1.54, 1.807) is 0 Å². The Bertz CT molecular complexity index is 343. The number of rotatable bonds is 4. The van der Waals surface area contributed by atoms with Gasteiger partial charge >= 0.3 is 0 Å². The molecule has 15 heavy (non-hydrogen) atoms. The smallest absolute Gasteiger partial charge is 0.238 e. The fourth-order valence-corrected chi connectivity index (χ4v) is 2.60. The van der Waals surface area contributed by atoms with Crippen LogP contribution in [0.1, 0.15) is 26.2 Å². The molecule has 6 heteroatoms. The van der Waals surface area contributed by atoms with Gasteiger partial charge in [-0.3, -0.25) is 4.79 Å². The number of hydrogen-bond acceptors (Lipinski definition) is 3. The number of alkyl halides is 1. The Morgan fingerprint density at radius 2 is 2.07 bits per heavy atom. The van der Waals surface area contributed by atoms with Crippen LogP contribution >= 0.6 is 15.9 Å². The van der Waals surface area contributed by atoms with Gasteiger partial charge in [-0.25, -0.2) is 8.42 Å². The average Bonchev–Trinajstić information content (AvgIpc) is 2.08. The SMILES string of the molecule is CC(C(=O)NC1(CBr)CCC1)S(C)(=O)=O. The predicted molar refractivity (Wildman–Crippen MR) is 62.8 cm³/mol. The summed E-state index contributed by atoms with van der Waals surface area (Å²) in [6, 6.07) is 0. The maximum absolute atomic E-state index is 11.6. The molecule has 0 aromatic heterocycles.